The van der Waals surface area contributed by atoms with Crippen molar-refractivity contribution in [3.8, 4) is 0 Å². The number of rotatable bonds is 10. The molecule has 0 saturated carbocycles. The van der Waals surface area contributed by atoms with E-state index in [1.54, 1.807) is 6.33 Å². The Morgan fingerprint density at radius 1 is 1.20 bits per heavy atom. The van der Waals surface area contributed by atoms with Gasteiger partial charge in [-0.1, -0.05) is 13.8 Å². The molecule has 0 unspecified atom stereocenters. The third-order valence-electron chi connectivity index (χ3n) is 4.20. The van der Waals surface area contributed by atoms with Crippen LogP contribution in [0.3, 0.4) is 0 Å². The van der Waals surface area contributed by atoms with Gasteiger partial charge in [-0.2, -0.15) is 0 Å². The first kappa shape index (κ1) is 19.7. The lowest BCUT2D eigenvalue weighted by atomic mass is 10.3. The van der Waals surface area contributed by atoms with Crippen LogP contribution in [0.5, 0.6) is 0 Å². The fourth-order valence-corrected chi connectivity index (χ4v) is 2.77. The minimum atomic E-state index is 0.810. The number of hydrogen-bond donors (Lipinski definition) is 2. The zero-order chi connectivity index (χ0) is 17.7. The fraction of sp³-hybridized carbons (Fsp3) is 0.824. The highest BCUT2D eigenvalue weighted by Crippen LogP contribution is 1.97. The van der Waals surface area contributed by atoms with Crippen molar-refractivity contribution < 1.29 is 4.74 Å². The van der Waals surface area contributed by atoms with Crippen molar-refractivity contribution in [1.82, 2.24) is 30.3 Å². The fourth-order valence-electron chi connectivity index (χ4n) is 2.77. The molecule has 1 aliphatic heterocycles. The highest BCUT2D eigenvalue weighted by molar-refractivity contribution is 5.79. The largest absolute Gasteiger partial charge is 0.379 e. The second-order valence-corrected chi connectivity index (χ2v) is 6.19. The van der Waals surface area contributed by atoms with E-state index in [4.69, 9.17) is 4.74 Å². The smallest absolute Gasteiger partial charge is 0.191 e. The third kappa shape index (κ3) is 7.39. The quantitative estimate of drug-likeness (QED) is 0.363. The van der Waals surface area contributed by atoms with E-state index in [1.807, 2.05) is 0 Å². The number of nitrogens with one attached hydrogen (secondary N) is 2. The maximum Gasteiger partial charge on any atom is 0.191 e. The standard InChI is InChI=1S/C17H33N7O/c1-3-6-18-17(19-7-5-9-23-11-13-25-14-12-23)20-8-10-24-15-21-22-16(24)4-2/h15H,3-14H2,1-2H3,(H2,18,19,20). The molecule has 25 heavy (non-hydrogen) atoms. The van der Waals surface area contributed by atoms with Gasteiger partial charge in [0.25, 0.3) is 0 Å². The minimum Gasteiger partial charge on any atom is -0.379 e. The van der Waals surface area contributed by atoms with Crippen molar-refractivity contribution in [1.29, 1.82) is 0 Å². The number of nitrogens with zero attached hydrogens (tertiary/aromatic N) is 5. The molecule has 0 spiro atoms. The summed E-state index contributed by atoms with van der Waals surface area (Å²) in [6.45, 7) is 12.6. The summed E-state index contributed by atoms with van der Waals surface area (Å²) in [4.78, 5) is 7.07. The number of guanidine groups is 1. The Labute approximate surface area is 151 Å². The van der Waals surface area contributed by atoms with E-state index in [0.717, 1.165) is 90.1 Å². The summed E-state index contributed by atoms with van der Waals surface area (Å²) in [7, 11) is 0. The van der Waals surface area contributed by atoms with Gasteiger partial charge in [-0.25, -0.2) is 0 Å². The lowest BCUT2D eigenvalue weighted by Crippen LogP contribution is -2.41. The van der Waals surface area contributed by atoms with Crippen molar-refractivity contribution in [2.45, 2.75) is 39.7 Å². The van der Waals surface area contributed by atoms with Crippen LogP contribution in [0.1, 0.15) is 32.5 Å². The monoisotopic (exact) mass is 351 g/mol. The molecule has 0 aromatic carbocycles. The van der Waals surface area contributed by atoms with Gasteiger partial charge < -0.3 is 19.9 Å². The molecular weight excluding hydrogens is 318 g/mol. The van der Waals surface area contributed by atoms with Gasteiger partial charge in [0.2, 0.25) is 0 Å². The maximum atomic E-state index is 5.38. The Balaban J connectivity index is 1.67. The Bertz CT molecular complexity index is 497. The lowest BCUT2D eigenvalue weighted by Gasteiger charge is -2.26. The predicted molar refractivity (Wildman–Crippen MR) is 99.9 cm³/mol. The predicted octanol–water partition coefficient (Wildman–Crippen LogP) is 0.508. The molecule has 0 radical (unpaired) electrons. The average molecular weight is 351 g/mol. The first-order chi connectivity index (χ1) is 12.3. The molecule has 142 valence electrons. The normalized spacial score (nSPS) is 16.2. The van der Waals surface area contributed by atoms with Crippen LogP contribution in [-0.4, -0.2) is 78.1 Å². The number of aliphatic imine (C=N–C) groups is 1. The molecule has 2 rings (SSSR count). The number of aromatic nitrogens is 3. The Hall–Kier alpha value is -1.67. The van der Waals surface area contributed by atoms with E-state index in [2.05, 4.69) is 49.1 Å². The maximum absolute atomic E-state index is 5.38. The van der Waals surface area contributed by atoms with Gasteiger partial charge in [0.15, 0.2) is 5.96 Å². The van der Waals surface area contributed by atoms with Gasteiger partial charge >= 0.3 is 0 Å². The van der Waals surface area contributed by atoms with E-state index < -0.39 is 0 Å². The first-order valence-electron chi connectivity index (χ1n) is 9.52. The van der Waals surface area contributed by atoms with Crippen LogP contribution in [0.4, 0.5) is 0 Å². The van der Waals surface area contributed by atoms with Gasteiger partial charge in [-0.3, -0.25) is 9.89 Å². The number of aryl methyl sites for hydroxylation is 1. The zero-order valence-electron chi connectivity index (χ0n) is 15.7. The molecule has 0 bridgehead atoms. The molecule has 2 heterocycles. The first-order valence-corrected chi connectivity index (χ1v) is 9.52. The van der Waals surface area contributed by atoms with Crippen molar-refractivity contribution in [3.05, 3.63) is 12.2 Å². The van der Waals surface area contributed by atoms with Crippen LogP contribution in [-0.2, 0) is 17.7 Å². The molecule has 1 aromatic rings. The molecule has 0 amide bonds. The van der Waals surface area contributed by atoms with E-state index in [1.165, 1.54) is 0 Å². The Kier molecular flexibility index (Phi) is 9.28. The van der Waals surface area contributed by atoms with Crippen molar-refractivity contribution in [2.75, 3.05) is 52.5 Å². The molecule has 1 saturated heterocycles. The summed E-state index contributed by atoms with van der Waals surface area (Å²) in [5.74, 6) is 1.92. The average Bonchev–Trinajstić information content (AvgIpc) is 3.11. The van der Waals surface area contributed by atoms with Gasteiger partial charge in [0.05, 0.1) is 13.2 Å². The van der Waals surface area contributed by atoms with E-state index in [-0.39, 0.29) is 0 Å². The second-order valence-electron chi connectivity index (χ2n) is 6.19. The molecule has 1 aromatic heterocycles. The minimum absolute atomic E-state index is 0.810. The zero-order valence-corrected chi connectivity index (χ0v) is 15.7. The molecule has 8 nitrogen and oxygen atoms in total. The van der Waals surface area contributed by atoms with E-state index in [0.29, 0.717) is 0 Å². The SMILES string of the molecule is CCCN=C(NCCCN1CCOCC1)NCCn1cnnc1CC. The van der Waals surface area contributed by atoms with Gasteiger partial charge in [0, 0.05) is 45.7 Å². The van der Waals surface area contributed by atoms with Crippen LogP contribution in [0.15, 0.2) is 11.3 Å². The van der Waals surface area contributed by atoms with Crippen LogP contribution >= 0.6 is 0 Å². The van der Waals surface area contributed by atoms with Crippen LogP contribution in [0, 0.1) is 0 Å². The van der Waals surface area contributed by atoms with Gasteiger partial charge in [-0.05, 0) is 19.4 Å². The summed E-state index contributed by atoms with van der Waals surface area (Å²) in [5.41, 5.74) is 0. The molecule has 0 aliphatic carbocycles. The van der Waals surface area contributed by atoms with Crippen LogP contribution in [0.2, 0.25) is 0 Å². The summed E-state index contributed by atoms with van der Waals surface area (Å²) < 4.78 is 7.47. The summed E-state index contributed by atoms with van der Waals surface area (Å²) in [6, 6.07) is 0. The van der Waals surface area contributed by atoms with Crippen LogP contribution in [0.25, 0.3) is 0 Å². The highest BCUT2D eigenvalue weighted by atomic mass is 16.5. The van der Waals surface area contributed by atoms with Crippen molar-refractivity contribution >= 4 is 5.96 Å². The Morgan fingerprint density at radius 3 is 2.76 bits per heavy atom. The van der Waals surface area contributed by atoms with Crippen LogP contribution < -0.4 is 10.6 Å². The lowest BCUT2D eigenvalue weighted by molar-refractivity contribution is 0.0376. The highest BCUT2D eigenvalue weighted by Gasteiger charge is 2.09. The molecule has 1 fully saturated rings. The number of ether oxygens (including phenoxy) is 1. The molecule has 1 aliphatic rings. The second kappa shape index (κ2) is 11.8. The van der Waals surface area contributed by atoms with Gasteiger partial charge in [0.1, 0.15) is 12.2 Å². The van der Waals surface area contributed by atoms with E-state index in [9.17, 15) is 0 Å². The topological polar surface area (TPSA) is 79.6 Å². The summed E-state index contributed by atoms with van der Waals surface area (Å²) in [6.07, 6.45) is 4.85. The third-order valence-corrected chi connectivity index (χ3v) is 4.20. The Morgan fingerprint density at radius 2 is 2.00 bits per heavy atom. The summed E-state index contributed by atoms with van der Waals surface area (Å²) >= 11 is 0. The number of hydrogen-bond acceptors (Lipinski definition) is 5. The summed E-state index contributed by atoms with van der Waals surface area (Å²) in [5, 5.41) is 14.9. The number of morpholine rings is 1. The molecule has 2 N–H and O–H groups in total. The molecule has 0 atom stereocenters. The van der Waals surface area contributed by atoms with Crippen molar-refractivity contribution in [2.24, 2.45) is 4.99 Å². The van der Waals surface area contributed by atoms with E-state index >= 15 is 0 Å². The molecule has 8 heteroatoms. The molecular formula is C17H33N7O. The van der Waals surface area contributed by atoms with Crippen molar-refractivity contribution in [3.63, 3.8) is 0 Å². The van der Waals surface area contributed by atoms with Gasteiger partial charge in [-0.15, -0.1) is 10.2 Å².